The third-order valence-corrected chi connectivity index (χ3v) is 3.66. The summed E-state index contributed by atoms with van der Waals surface area (Å²) in [5.74, 6) is 0.129. The Morgan fingerprint density at radius 2 is 1.82 bits per heavy atom. The zero-order valence-electron chi connectivity index (χ0n) is 11.6. The van der Waals surface area contributed by atoms with Crippen LogP contribution in [-0.4, -0.2) is 29.4 Å². The molecule has 1 fully saturated rings. The molecule has 0 saturated carbocycles. The number of carbonyl (C=O) groups excluding carboxylic acids is 1. The van der Waals surface area contributed by atoms with Crippen LogP contribution in [-0.2, 0) is 4.79 Å². The van der Waals surface area contributed by atoms with Gasteiger partial charge in [-0.3, -0.25) is 4.79 Å². The predicted octanol–water partition coefficient (Wildman–Crippen LogP) is 2.57. The summed E-state index contributed by atoms with van der Waals surface area (Å²) in [7, 11) is 0. The Morgan fingerprint density at radius 1 is 1.35 bits per heavy atom. The molecule has 0 spiro atoms. The SMILES string of the molecule is CCCC(C)(N)C(=O)N1CCC(C)(C)CC1.Cl. The van der Waals surface area contributed by atoms with Gasteiger partial charge in [0.15, 0.2) is 0 Å². The standard InChI is InChI=1S/C13H26N2O.ClH/c1-5-6-13(4,14)11(16)15-9-7-12(2,3)8-10-15;/h5-10,14H2,1-4H3;1H. The number of halogens is 1. The van der Waals surface area contributed by atoms with Gasteiger partial charge >= 0.3 is 0 Å². The molecule has 1 saturated heterocycles. The van der Waals surface area contributed by atoms with E-state index in [2.05, 4.69) is 20.8 Å². The molecule has 0 aliphatic carbocycles. The average molecular weight is 263 g/mol. The first-order chi connectivity index (χ1) is 7.28. The van der Waals surface area contributed by atoms with Crippen LogP contribution < -0.4 is 5.73 Å². The summed E-state index contributed by atoms with van der Waals surface area (Å²) in [5, 5.41) is 0. The van der Waals surface area contributed by atoms with Gasteiger partial charge in [0.25, 0.3) is 0 Å². The number of rotatable bonds is 3. The van der Waals surface area contributed by atoms with Crippen molar-refractivity contribution in [1.29, 1.82) is 0 Å². The van der Waals surface area contributed by atoms with Crippen molar-refractivity contribution in [2.75, 3.05) is 13.1 Å². The molecule has 0 radical (unpaired) electrons. The number of hydrogen-bond acceptors (Lipinski definition) is 2. The first kappa shape index (κ1) is 16.7. The molecule has 102 valence electrons. The van der Waals surface area contributed by atoms with E-state index in [1.807, 2.05) is 11.8 Å². The van der Waals surface area contributed by atoms with E-state index in [0.717, 1.165) is 38.8 Å². The number of amides is 1. The molecule has 1 rings (SSSR count). The zero-order valence-corrected chi connectivity index (χ0v) is 12.4. The van der Waals surface area contributed by atoms with Gasteiger partial charge in [-0.05, 0) is 31.6 Å². The van der Waals surface area contributed by atoms with Crippen LogP contribution in [0.1, 0.15) is 53.4 Å². The van der Waals surface area contributed by atoms with Gasteiger partial charge in [-0.1, -0.05) is 27.2 Å². The summed E-state index contributed by atoms with van der Waals surface area (Å²) in [6.45, 7) is 10.2. The number of hydrogen-bond donors (Lipinski definition) is 1. The molecule has 4 heteroatoms. The molecular formula is C13H27ClN2O. The summed E-state index contributed by atoms with van der Waals surface area (Å²) < 4.78 is 0. The van der Waals surface area contributed by atoms with Crippen molar-refractivity contribution in [3.05, 3.63) is 0 Å². The maximum atomic E-state index is 12.2. The van der Waals surface area contributed by atoms with E-state index >= 15 is 0 Å². The molecule has 2 N–H and O–H groups in total. The molecule has 1 aliphatic rings. The second-order valence-electron chi connectivity index (χ2n) is 6.12. The maximum absolute atomic E-state index is 12.2. The Morgan fingerprint density at radius 3 is 2.24 bits per heavy atom. The summed E-state index contributed by atoms with van der Waals surface area (Å²) in [6, 6.07) is 0. The van der Waals surface area contributed by atoms with Crippen LogP contribution in [0, 0.1) is 5.41 Å². The highest BCUT2D eigenvalue weighted by atomic mass is 35.5. The van der Waals surface area contributed by atoms with Crippen LogP contribution in [0.4, 0.5) is 0 Å². The van der Waals surface area contributed by atoms with E-state index in [4.69, 9.17) is 5.73 Å². The van der Waals surface area contributed by atoms with E-state index in [9.17, 15) is 4.79 Å². The quantitative estimate of drug-likeness (QED) is 0.850. The zero-order chi connectivity index (χ0) is 12.4. The number of nitrogens with two attached hydrogens (primary N) is 1. The van der Waals surface area contributed by atoms with Gasteiger partial charge in [0.05, 0.1) is 5.54 Å². The number of likely N-dealkylation sites (tertiary alicyclic amines) is 1. The first-order valence-corrected chi connectivity index (χ1v) is 6.37. The van der Waals surface area contributed by atoms with E-state index in [-0.39, 0.29) is 18.3 Å². The third kappa shape index (κ3) is 4.47. The summed E-state index contributed by atoms with van der Waals surface area (Å²) in [5.41, 5.74) is 5.79. The Balaban J connectivity index is 0.00000256. The van der Waals surface area contributed by atoms with Crippen LogP contribution >= 0.6 is 12.4 Å². The van der Waals surface area contributed by atoms with Crippen molar-refractivity contribution in [3.63, 3.8) is 0 Å². The second-order valence-corrected chi connectivity index (χ2v) is 6.12. The van der Waals surface area contributed by atoms with E-state index in [1.54, 1.807) is 0 Å². The summed E-state index contributed by atoms with van der Waals surface area (Å²) in [6.07, 6.45) is 3.89. The fourth-order valence-corrected chi connectivity index (χ4v) is 2.30. The predicted molar refractivity (Wildman–Crippen MR) is 74.3 cm³/mol. The van der Waals surface area contributed by atoms with Crippen molar-refractivity contribution < 1.29 is 4.79 Å². The molecular weight excluding hydrogens is 236 g/mol. The normalized spacial score (nSPS) is 22.5. The Hall–Kier alpha value is -0.280. The second kappa shape index (κ2) is 6.05. The first-order valence-electron chi connectivity index (χ1n) is 6.37. The third-order valence-electron chi connectivity index (χ3n) is 3.66. The van der Waals surface area contributed by atoms with Crippen LogP contribution in [0.15, 0.2) is 0 Å². The molecule has 0 bridgehead atoms. The average Bonchev–Trinajstić information content (AvgIpc) is 2.16. The van der Waals surface area contributed by atoms with Gasteiger partial charge in [0.1, 0.15) is 0 Å². The minimum absolute atomic E-state index is 0. The van der Waals surface area contributed by atoms with Crippen LogP contribution in [0.2, 0.25) is 0 Å². The van der Waals surface area contributed by atoms with Crippen molar-refractivity contribution >= 4 is 18.3 Å². The summed E-state index contributed by atoms with van der Waals surface area (Å²) >= 11 is 0. The number of carbonyl (C=O) groups is 1. The van der Waals surface area contributed by atoms with Gasteiger partial charge < -0.3 is 10.6 Å². The minimum Gasteiger partial charge on any atom is -0.341 e. The van der Waals surface area contributed by atoms with Crippen molar-refractivity contribution in [2.24, 2.45) is 11.1 Å². The Bertz CT molecular complexity index is 254. The van der Waals surface area contributed by atoms with Gasteiger partial charge in [0, 0.05) is 13.1 Å². The molecule has 17 heavy (non-hydrogen) atoms. The Kier molecular flexibility index (Phi) is 5.95. The lowest BCUT2D eigenvalue weighted by atomic mass is 9.82. The highest BCUT2D eigenvalue weighted by Gasteiger charge is 2.35. The molecule has 1 amide bonds. The molecule has 1 heterocycles. The van der Waals surface area contributed by atoms with E-state index in [0.29, 0.717) is 5.41 Å². The smallest absolute Gasteiger partial charge is 0.242 e. The maximum Gasteiger partial charge on any atom is 0.242 e. The van der Waals surface area contributed by atoms with Gasteiger partial charge in [-0.2, -0.15) is 0 Å². The number of nitrogens with zero attached hydrogens (tertiary/aromatic N) is 1. The Labute approximate surface area is 112 Å². The molecule has 1 atom stereocenters. The van der Waals surface area contributed by atoms with Gasteiger partial charge in [0.2, 0.25) is 5.91 Å². The molecule has 3 nitrogen and oxygen atoms in total. The van der Waals surface area contributed by atoms with E-state index < -0.39 is 5.54 Å². The topological polar surface area (TPSA) is 46.3 Å². The lowest BCUT2D eigenvalue weighted by molar-refractivity contribution is -0.138. The number of piperidine rings is 1. The molecule has 1 aliphatic heterocycles. The molecule has 1 unspecified atom stereocenters. The summed E-state index contributed by atoms with van der Waals surface area (Å²) in [4.78, 5) is 14.2. The van der Waals surface area contributed by atoms with Crippen molar-refractivity contribution in [3.8, 4) is 0 Å². The van der Waals surface area contributed by atoms with Crippen molar-refractivity contribution in [2.45, 2.75) is 58.9 Å². The minimum atomic E-state index is -0.670. The fourth-order valence-electron chi connectivity index (χ4n) is 2.30. The largest absolute Gasteiger partial charge is 0.341 e. The van der Waals surface area contributed by atoms with Crippen LogP contribution in [0.25, 0.3) is 0 Å². The molecule has 0 aromatic carbocycles. The lowest BCUT2D eigenvalue weighted by Gasteiger charge is -2.40. The fraction of sp³-hybridized carbons (Fsp3) is 0.923. The monoisotopic (exact) mass is 262 g/mol. The van der Waals surface area contributed by atoms with Gasteiger partial charge in [-0.15, -0.1) is 12.4 Å². The molecule has 0 aromatic heterocycles. The van der Waals surface area contributed by atoms with Crippen LogP contribution in [0.5, 0.6) is 0 Å². The highest BCUT2D eigenvalue weighted by Crippen LogP contribution is 2.30. The van der Waals surface area contributed by atoms with Gasteiger partial charge in [-0.25, -0.2) is 0 Å². The lowest BCUT2D eigenvalue weighted by Crippen LogP contribution is -2.55. The highest BCUT2D eigenvalue weighted by molar-refractivity contribution is 5.86. The molecule has 0 aromatic rings. The van der Waals surface area contributed by atoms with Crippen molar-refractivity contribution in [1.82, 2.24) is 4.90 Å². The van der Waals surface area contributed by atoms with E-state index in [1.165, 1.54) is 0 Å². The van der Waals surface area contributed by atoms with Crippen LogP contribution in [0.3, 0.4) is 0 Å².